The average Bonchev–Trinajstić information content (AvgIpc) is 1.99. The molecule has 4 N–H and O–H groups in total. The van der Waals surface area contributed by atoms with Crippen LogP contribution in [0.3, 0.4) is 0 Å². The first-order valence-electron chi connectivity index (χ1n) is 2.99. The van der Waals surface area contributed by atoms with Gasteiger partial charge in [0.2, 0.25) is 0 Å². The van der Waals surface area contributed by atoms with Gasteiger partial charge in [-0.15, -0.1) is 0 Å². The number of aromatic hydroxyl groups is 3. The van der Waals surface area contributed by atoms with Crippen molar-refractivity contribution in [3.05, 3.63) is 11.1 Å². The minimum absolute atomic E-state index is 0.477. The smallest absolute Gasteiger partial charge is 0.194 e. The number of halogens is 1. The maximum atomic E-state index is 10.6. The highest BCUT2D eigenvalue weighted by Crippen LogP contribution is 2.42. The fourth-order valence-electron chi connectivity index (χ4n) is 0.773. The molecular weight excluding hydrogens is 220 g/mol. The Bertz CT molecular complexity index is 378. The van der Waals surface area contributed by atoms with Crippen LogP contribution in [0.25, 0.3) is 0 Å². The third-order valence-electron chi connectivity index (χ3n) is 1.33. The van der Waals surface area contributed by atoms with Crippen molar-refractivity contribution in [2.75, 3.05) is 0 Å². The molecule has 0 fully saturated rings. The summed E-state index contributed by atoms with van der Waals surface area (Å²) in [4.78, 5) is -0.622. The number of phenols is 3. The van der Waals surface area contributed by atoms with Crippen molar-refractivity contribution in [1.82, 2.24) is 0 Å². The average molecular weight is 225 g/mol. The second-order valence-electron chi connectivity index (χ2n) is 2.16. The zero-order valence-corrected chi connectivity index (χ0v) is 7.63. The van der Waals surface area contributed by atoms with E-state index in [9.17, 15) is 4.21 Å². The molecule has 13 heavy (non-hydrogen) atoms. The molecule has 0 aliphatic rings. The second kappa shape index (κ2) is 3.41. The molecule has 0 aliphatic carbocycles. The zero-order valence-electron chi connectivity index (χ0n) is 6.06. The normalized spacial score (nSPS) is 12.8. The van der Waals surface area contributed by atoms with Gasteiger partial charge >= 0.3 is 0 Å². The van der Waals surface area contributed by atoms with Gasteiger partial charge in [0, 0.05) is 6.07 Å². The Kier molecular flexibility index (Phi) is 2.65. The van der Waals surface area contributed by atoms with Crippen molar-refractivity contribution in [2.24, 2.45) is 0 Å². The van der Waals surface area contributed by atoms with Gasteiger partial charge < -0.3 is 19.9 Å². The maximum absolute atomic E-state index is 10.6. The molecule has 0 amide bonds. The fraction of sp³-hybridized carbons (Fsp3) is 0. The molecule has 0 aliphatic heterocycles. The number of rotatable bonds is 1. The van der Waals surface area contributed by atoms with Crippen LogP contribution >= 0.6 is 11.6 Å². The molecule has 0 bridgehead atoms. The van der Waals surface area contributed by atoms with E-state index in [0.717, 1.165) is 6.07 Å². The van der Waals surface area contributed by atoms with Gasteiger partial charge in [-0.25, -0.2) is 4.21 Å². The van der Waals surface area contributed by atoms with Gasteiger partial charge in [-0.1, -0.05) is 11.6 Å². The van der Waals surface area contributed by atoms with Crippen LogP contribution in [0.4, 0.5) is 0 Å². The first kappa shape index (κ1) is 10.1. The lowest BCUT2D eigenvalue weighted by Gasteiger charge is -2.05. The van der Waals surface area contributed by atoms with E-state index >= 15 is 0 Å². The van der Waals surface area contributed by atoms with Crippen LogP contribution in [0, 0.1) is 0 Å². The van der Waals surface area contributed by atoms with Crippen molar-refractivity contribution in [2.45, 2.75) is 4.90 Å². The maximum Gasteiger partial charge on any atom is 0.194 e. The number of phenolic OH excluding ortho intramolecular Hbond substituents is 3. The van der Waals surface area contributed by atoms with E-state index in [1.165, 1.54) is 0 Å². The van der Waals surface area contributed by atoms with Gasteiger partial charge in [0.15, 0.2) is 21.7 Å². The largest absolute Gasteiger partial charge is 0.506 e. The Balaban J connectivity index is 3.53. The summed E-state index contributed by atoms with van der Waals surface area (Å²) in [6.07, 6.45) is 0. The van der Waals surface area contributed by atoms with Gasteiger partial charge in [0.1, 0.15) is 16.5 Å². The lowest BCUT2D eigenvalue weighted by Crippen LogP contribution is -1.90. The predicted molar refractivity (Wildman–Crippen MR) is 45.5 cm³/mol. The molecule has 1 unspecified atom stereocenters. The number of hydrogen-bond acceptors (Lipinski definition) is 4. The van der Waals surface area contributed by atoms with Gasteiger partial charge in [-0.3, -0.25) is 0 Å². The summed E-state index contributed by atoms with van der Waals surface area (Å²) in [7, 11) is 0. The summed E-state index contributed by atoms with van der Waals surface area (Å²) >= 11 is 2.78. The third kappa shape index (κ3) is 1.69. The minimum atomic E-state index is -2.57. The van der Waals surface area contributed by atoms with Crippen molar-refractivity contribution in [3.63, 3.8) is 0 Å². The molecule has 7 heteroatoms. The van der Waals surface area contributed by atoms with E-state index in [0.29, 0.717) is 0 Å². The van der Waals surface area contributed by atoms with Crippen LogP contribution < -0.4 is 0 Å². The highest BCUT2D eigenvalue weighted by Gasteiger charge is 2.19. The van der Waals surface area contributed by atoms with Crippen LogP contribution in [0.5, 0.6) is 17.2 Å². The quantitative estimate of drug-likeness (QED) is 0.535. The van der Waals surface area contributed by atoms with Crippen LogP contribution in [0.15, 0.2) is 11.0 Å². The highest BCUT2D eigenvalue weighted by molar-refractivity contribution is 7.79. The zero-order chi connectivity index (χ0) is 10.2. The first-order chi connectivity index (χ1) is 5.95. The fourth-order valence-corrected chi connectivity index (χ4v) is 1.48. The summed E-state index contributed by atoms with van der Waals surface area (Å²) in [6.45, 7) is 0. The van der Waals surface area contributed by atoms with E-state index in [2.05, 4.69) is 0 Å². The standard InChI is InChI=1S/C6H5ClO5S/c7-4-2(8)1-3(9)6(5(4)10)13(11)12/h1,8-10H,(H,11,12). The predicted octanol–water partition coefficient (Wildman–Crippen LogP) is 1.04. The molecule has 0 aromatic heterocycles. The van der Waals surface area contributed by atoms with E-state index in [-0.39, 0.29) is 0 Å². The van der Waals surface area contributed by atoms with Gasteiger partial charge in [0.05, 0.1) is 0 Å². The molecule has 0 saturated heterocycles. The summed E-state index contributed by atoms with van der Waals surface area (Å²) in [5.74, 6) is -2.06. The van der Waals surface area contributed by atoms with E-state index < -0.39 is 38.2 Å². The van der Waals surface area contributed by atoms with Crippen LogP contribution in [0.2, 0.25) is 5.02 Å². The monoisotopic (exact) mass is 224 g/mol. The summed E-state index contributed by atoms with van der Waals surface area (Å²) in [5, 5.41) is 26.6. The summed E-state index contributed by atoms with van der Waals surface area (Å²) < 4.78 is 19.2. The molecule has 0 heterocycles. The van der Waals surface area contributed by atoms with Gasteiger partial charge in [0.25, 0.3) is 0 Å². The molecule has 1 rings (SSSR count). The Morgan fingerprint density at radius 1 is 1.23 bits per heavy atom. The topological polar surface area (TPSA) is 98.0 Å². The van der Waals surface area contributed by atoms with Crippen LogP contribution in [-0.4, -0.2) is 24.1 Å². The Hall–Kier alpha value is -0.980. The molecule has 0 spiro atoms. The van der Waals surface area contributed by atoms with E-state index in [4.69, 9.17) is 31.5 Å². The van der Waals surface area contributed by atoms with Crippen LogP contribution in [-0.2, 0) is 11.1 Å². The molecule has 72 valence electrons. The Morgan fingerprint density at radius 2 is 1.77 bits per heavy atom. The Morgan fingerprint density at radius 3 is 2.23 bits per heavy atom. The highest BCUT2D eigenvalue weighted by atomic mass is 35.5. The summed E-state index contributed by atoms with van der Waals surface area (Å²) in [6, 6.07) is 0.769. The van der Waals surface area contributed by atoms with Gasteiger partial charge in [-0.05, 0) is 0 Å². The van der Waals surface area contributed by atoms with Crippen molar-refractivity contribution < 1.29 is 24.1 Å². The number of benzene rings is 1. The lowest BCUT2D eigenvalue weighted by atomic mass is 10.3. The third-order valence-corrected chi connectivity index (χ3v) is 2.45. The van der Waals surface area contributed by atoms with E-state index in [1.807, 2.05) is 0 Å². The van der Waals surface area contributed by atoms with Crippen molar-refractivity contribution in [3.8, 4) is 17.2 Å². The molecule has 0 saturated carbocycles. The Labute approximate surface area is 80.5 Å². The molecule has 1 atom stereocenters. The van der Waals surface area contributed by atoms with Crippen LogP contribution in [0.1, 0.15) is 0 Å². The van der Waals surface area contributed by atoms with Crippen molar-refractivity contribution >= 4 is 22.7 Å². The SMILES string of the molecule is O=S(O)c1c(O)cc(O)c(Cl)c1O. The second-order valence-corrected chi connectivity index (χ2v) is 3.44. The summed E-state index contributed by atoms with van der Waals surface area (Å²) in [5.41, 5.74) is 0. The molecule has 1 aromatic carbocycles. The molecular formula is C6H5ClO5S. The number of hydrogen-bond donors (Lipinski definition) is 4. The molecule has 1 aromatic rings. The minimum Gasteiger partial charge on any atom is -0.506 e. The molecule has 0 radical (unpaired) electrons. The van der Waals surface area contributed by atoms with E-state index in [1.54, 1.807) is 0 Å². The van der Waals surface area contributed by atoms with Gasteiger partial charge in [-0.2, -0.15) is 0 Å². The van der Waals surface area contributed by atoms with Crippen molar-refractivity contribution in [1.29, 1.82) is 0 Å². The molecule has 5 nitrogen and oxygen atoms in total. The lowest BCUT2D eigenvalue weighted by molar-refractivity contribution is 0.406. The first-order valence-corrected chi connectivity index (χ1v) is 4.48.